The van der Waals surface area contributed by atoms with Gasteiger partial charge in [-0.25, -0.2) is 0 Å². The summed E-state index contributed by atoms with van der Waals surface area (Å²) >= 11 is 1.72. The van der Waals surface area contributed by atoms with Crippen molar-refractivity contribution in [3.63, 3.8) is 0 Å². The van der Waals surface area contributed by atoms with Crippen LogP contribution in [0.4, 0.5) is 0 Å². The maximum atomic E-state index is 6.66. The lowest BCUT2D eigenvalue weighted by atomic mass is 10.1. The Bertz CT molecular complexity index is 2640. The van der Waals surface area contributed by atoms with Crippen LogP contribution in [0.5, 0.6) is 0 Å². The van der Waals surface area contributed by atoms with Crippen LogP contribution in [0.1, 0.15) is 0 Å². The first-order valence-corrected chi connectivity index (χ1v) is 15.0. The van der Waals surface area contributed by atoms with E-state index in [0.29, 0.717) is 0 Å². The number of fused-ring (bicyclic) bond motifs is 11. The van der Waals surface area contributed by atoms with Crippen LogP contribution in [-0.2, 0) is 0 Å². The van der Waals surface area contributed by atoms with Crippen molar-refractivity contribution in [2.24, 2.45) is 0 Å². The average Bonchev–Trinajstić information content (AvgIpc) is 3.77. The van der Waals surface area contributed by atoms with E-state index in [-0.39, 0.29) is 0 Å². The van der Waals surface area contributed by atoms with Gasteiger partial charge in [-0.2, -0.15) is 0 Å². The molecule has 0 aliphatic heterocycles. The van der Waals surface area contributed by atoms with E-state index in [2.05, 4.69) is 143 Å². The summed E-state index contributed by atoms with van der Waals surface area (Å²) in [6.07, 6.45) is 0. The van der Waals surface area contributed by atoms with E-state index >= 15 is 0 Å². The molecule has 0 fully saturated rings. The van der Waals surface area contributed by atoms with Crippen molar-refractivity contribution in [3.8, 4) is 11.4 Å². The van der Waals surface area contributed by atoms with Gasteiger partial charge >= 0.3 is 0 Å². The number of benzene rings is 6. The minimum Gasteiger partial charge on any atom is -0.443 e. The lowest BCUT2D eigenvalue weighted by Gasteiger charge is -2.10. The molecule has 6 aromatic carbocycles. The Balaban J connectivity index is 1.28. The zero-order valence-corrected chi connectivity index (χ0v) is 23.2. The van der Waals surface area contributed by atoms with Crippen LogP contribution in [0, 0.1) is 0 Å². The Labute approximate surface area is 244 Å². The van der Waals surface area contributed by atoms with E-state index in [1.165, 1.54) is 53.6 Å². The van der Waals surface area contributed by atoms with Crippen LogP contribution < -0.4 is 0 Å². The fourth-order valence-electron chi connectivity index (χ4n) is 7.01. The van der Waals surface area contributed by atoms with Crippen molar-refractivity contribution < 1.29 is 4.42 Å². The number of nitrogens with zero attached hydrogens (tertiary/aromatic N) is 2. The van der Waals surface area contributed by atoms with Crippen LogP contribution in [0.15, 0.2) is 138 Å². The van der Waals surface area contributed by atoms with Gasteiger partial charge < -0.3 is 13.6 Å². The Morgan fingerprint density at radius 1 is 0.452 bits per heavy atom. The van der Waals surface area contributed by atoms with Crippen molar-refractivity contribution in [1.29, 1.82) is 0 Å². The second-order valence-corrected chi connectivity index (χ2v) is 12.0. The van der Waals surface area contributed by atoms with Gasteiger partial charge in [-0.3, -0.25) is 0 Å². The molecule has 0 aliphatic carbocycles. The molecule has 196 valence electrons. The lowest BCUT2D eigenvalue weighted by molar-refractivity contribution is 0.675. The van der Waals surface area contributed by atoms with Gasteiger partial charge in [0, 0.05) is 48.1 Å². The SMILES string of the molecule is c1ccc2c(c1)sc1oc3c(-n4c5ccccc5c5cc(-n6c7ccccc7c7ccccc76)ccc54)cccc3c12. The molecular formula is C38H22N2OS. The second-order valence-electron chi connectivity index (χ2n) is 10.9. The number of furan rings is 1. The molecule has 0 bridgehead atoms. The van der Waals surface area contributed by atoms with Crippen molar-refractivity contribution in [1.82, 2.24) is 9.13 Å². The van der Waals surface area contributed by atoms with Crippen molar-refractivity contribution >= 4 is 86.3 Å². The Kier molecular flexibility index (Phi) is 4.33. The standard InChI is InChI=1S/C38H22N2OS/c1-5-15-30-24(10-1)25-11-2-6-16-31(25)39(30)23-20-21-33-29(22-23)26-12-3-7-17-32(26)40(33)34-18-9-14-28-36-27-13-4-8-19-35(27)42-38(36)41-37(28)34/h1-22H. The molecule has 0 amide bonds. The molecular weight excluding hydrogens is 532 g/mol. The molecule has 3 nitrogen and oxygen atoms in total. The maximum absolute atomic E-state index is 6.66. The average molecular weight is 555 g/mol. The summed E-state index contributed by atoms with van der Waals surface area (Å²) in [4.78, 5) is 0.980. The Hall–Kier alpha value is -5.32. The van der Waals surface area contributed by atoms with Crippen molar-refractivity contribution in [3.05, 3.63) is 133 Å². The highest BCUT2D eigenvalue weighted by atomic mass is 32.1. The molecule has 0 saturated carbocycles. The molecule has 42 heavy (non-hydrogen) atoms. The number of hydrogen-bond donors (Lipinski definition) is 0. The van der Waals surface area contributed by atoms with Gasteiger partial charge in [0.1, 0.15) is 0 Å². The Morgan fingerprint density at radius 2 is 1.02 bits per heavy atom. The minimum absolute atomic E-state index is 0.929. The summed E-state index contributed by atoms with van der Waals surface area (Å²) in [6, 6.07) is 48.1. The molecule has 0 radical (unpaired) electrons. The third kappa shape index (κ3) is 2.84. The van der Waals surface area contributed by atoms with Gasteiger partial charge in [0.25, 0.3) is 0 Å². The fraction of sp³-hybridized carbons (Fsp3) is 0. The minimum atomic E-state index is 0.929. The number of para-hydroxylation sites is 4. The fourth-order valence-corrected chi connectivity index (χ4v) is 8.08. The molecule has 0 atom stereocenters. The topological polar surface area (TPSA) is 23.0 Å². The number of rotatable bonds is 2. The molecule has 0 saturated heterocycles. The van der Waals surface area contributed by atoms with Crippen molar-refractivity contribution in [2.45, 2.75) is 0 Å². The zero-order valence-electron chi connectivity index (χ0n) is 22.4. The van der Waals surface area contributed by atoms with E-state index in [1.807, 2.05) is 0 Å². The highest BCUT2D eigenvalue weighted by Crippen LogP contribution is 2.44. The number of aromatic nitrogens is 2. The summed E-state index contributed by atoms with van der Waals surface area (Å²) < 4.78 is 12.7. The van der Waals surface area contributed by atoms with Crippen LogP contribution in [-0.4, -0.2) is 9.13 Å². The lowest BCUT2D eigenvalue weighted by Crippen LogP contribution is -1.96. The normalized spacial score (nSPS) is 12.3. The molecule has 10 aromatic rings. The van der Waals surface area contributed by atoms with Gasteiger partial charge in [0.05, 0.1) is 27.8 Å². The summed E-state index contributed by atoms with van der Waals surface area (Å²) in [6.45, 7) is 0. The molecule has 0 unspecified atom stereocenters. The number of thiophene rings is 1. The molecule has 0 spiro atoms. The largest absolute Gasteiger partial charge is 0.443 e. The van der Waals surface area contributed by atoms with Gasteiger partial charge in [0.2, 0.25) is 0 Å². The van der Waals surface area contributed by atoms with Crippen LogP contribution in [0.25, 0.3) is 86.3 Å². The third-order valence-corrected chi connectivity index (χ3v) is 9.81. The molecule has 0 N–H and O–H groups in total. The van der Waals surface area contributed by atoms with E-state index in [1.54, 1.807) is 11.3 Å². The van der Waals surface area contributed by atoms with Gasteiger partial charge in [-0.15, -0.1) is 0 Å². The summed E-state index contributed by atoms with van der Waals surface area (Å²) in [5.41, 5.74) is 7.92. The highest BCUT2D eigenvalue weighted by Gasteiger charge is 2.20. The predicted octanol–water partition coefficient (Wildman–Crippen LogP) is 11.0. The summed E-state index contributed by atoms with van der Waals surface area (Å²) in [5, 5.41) is 8.62. The maximum Gasteiger partial charge on any atom is 0.190 e. The van der Waals surface area contributed by atoms with Gasteiger partial charge in [-0.1, -0.05) is 96.3 Å². The summed E-state index contributed by atoms with van der Waals surface area (Å²) in [7, 11) is 0. The van der Waals surface area contributed by atoms with Gasteiger partial charge in [0.15, 0.2) is 10.5 Å². The van der Waals surface area contributed by atoms with E-state index in [0.717, 1.165) is 32.8 Å². The Morgan fingerprint density at radius 3 is 1.76 bits per heavy atom. The first-order valence-electron chi connectivity index (χ1n) is 14.2. The second kappa shape index (κ2) is 8.12. The zero-order chi connectivity index (χ0) is 27.4. The number of hydrogen-bond acceptors (Lipinski definition) is 2. The van der Waals surface area contributed by atoms with Crippen LogP contribution in [0.2, 0.25) is 0 Å². The van der Waals surface area contributed by atoms with E-state index < -0.39 is 0 Å². The molecule has 4 heterocycles. The molecule has 4 aromatic heterocycles. The van der Waals surface area contributed by atoms with E-state index in [4.69, 9.17) is 4.42 Å². The first-order chi connectivity index (χ1) is 20.8. The highest BCUT2D eigenvalue weighted by molar-refractivity contribution is 7.25. The van der Waals surface area contributed by atoms with Crippen LogP contribution in [0.3, 0.4) is 0 Å². The molecule has 4 heteroatoms. The molecule has 10 rings (SSSR count). The summed E-state index contributed by atoms with van der Waals surface area (Å²) in [5.74, 6) is 0. The smallest absolute Gasteiger partial charge is 0.190 e. The quantitative estimate of drug-likeness (QED) is 0.208. The van der Waals surface area contributed by atoms with Gasteiger partial charge in [-0.05, 0) is 48.5 Å². The predicted molar refractivity (Wildman–Crippen MR) is 178 cm³/mol. The van der Waals surface area contributed by atoms with E-state index in [9.17, 15) is 0 Å². The molecule has 0 aliphatic rings. The third-order valence-electron chi connectivity index (χ3n) is 8.76. The monoisotopic (exact) mass is 554 g/mol. The first kappa shape index (κ1) is 22.4. The van der Waals surface area contributed by atoms with Crippen LogP contribution >= 0.6 is 11.3 Å². The van der Waals surface area contributed by atoms with Crippen molar-refractivity contribution in [2.75, 3.05) is 0 Å².